The SMILES string of the molecule is CN(CCCn1c2c(c(=O)[nH]c1=O)CSCC2)C(=O)OCC(Cl)(Cl)Cl. The van der Waals surface area contributed by atoms with Gasteiger partial charge in [-0.1, -0.05) is 34.8 Å². The fraction of sp³-hybridized carbons (Fsp3) is 0.643. The fourth-order valence-electron chi connectivity index (χ4n) is 2.48. The summed E-state index contributed by atoms with van der Waals surface area (Å²) in [4.78, 5) is 39.4. The molecule has 2 rings (SSSR count). The number of rotatable bonds is 5. The van der Waals surface area contributed by atoms with Crippen molar-refractivity contribution < 1.29 is 9.53 Å². The molecular formula is C14H18Cl3N3O4S. The Morgan fingerprint density at radius 3 is 2.80 bits per heavy atom. The monoisotopic (exact) mass is 429 g/mol. The molecule has 1 aliphatic heterocycles. The van der Waals surface area contributed by atoms with Gasteiger partial charge in [0.05, 0.1) is 0 Å². The topological polar surface area (TPSA) is 84.4 Å². The van der Waals surface area contributed by atoms with Gasteiger partial charge in [-0.05, 0) is 18.6 Å². The summed E-state index contributed by atoms with van der Waals surface area (Å²) in [5.41, 5.74) is 0.716. The number of carbonyl (C=O) groups excluding carboxylic acids is 1. The number of alkyl halides is 3. The number of aromatic amines is 1. The van der Waals surface area contributed by atoms with E-state index >= 15 is 0 Å². The molecule has 2 heterocycles. The van der Waals surface area contributed by atoms with Crippen LogP contribution in [0.1, 0.15) is 17.7 Å². The molecule has 0 fully saturated rings. The molecule has 25 heavy (non-hydrogen) atoms. The minimum atomic E-state index is -1.66. The van der Waals surface area contributed by atoms with Gasteiger partial charge in [0.15, 0.2) is 0 Å². The van der Waals surface area contributed by atoms with Crippen molar-refractivity contribution in [2.24, 2.45) is 0 Å². The van der Waals surface area contributed by atoms with Crippen LogP contribution in [0.15, 0.2) is 9.59 Å². The van der Waals surface area contributed by atoms with Crippen molar-refractivity contribution in [3.05, 3.63) is 32.1 Å². The van der Waals surface area contributed by atoms with Crippen LogP contribution in [0, 0.1) is 0 Å². The second kappa shape index (κ2) is 8.70. The summed E-state index contributed by atoms with van der Waals surface area (Å²) in [5, 5.41) is 0. The summed E-state index contributed by atoms with van der Waals surface area (Å²) >= 11 is 18.3. The molecule has 0 radical (unpaired) electrons. The molecule has 0 saturated carbocycles. The Morgan fingerprint density at radius 1 is 1.40 bits per heavy atom. The van der Waals surface area contributed by atoms with Gasteiger partial charge in [0, 0.05) is 37.1 Å². The molecule has 1 aromatic heterocycles. The summed E-state index contributed by atoms with van der Waals surface area (Å²) in [6, 6.07) is 0. The number of ether oxygens (including phenoxy) is 1. The van der Waals surface area contributed by atoms with Crippen LogP contribution in [-0.4, -0.2) is 50.3 Å². The molecule has 1 aromatic rings. The first kappa shape index (κ1) is 20.5. The minimum Gasteiger partial charge on any atom is -0.445 e. The summed E-state index contributed by atoms with van der Waals surface area (Å²) in [5.74, 6) is 1.48. The summed E-state index contributed by atoms with van der Waals surface area (Å²) in [6.07, 6.45) is 0.587. The van der Waals surface area contributed by atoms with Crippen LogP contribution in [0.2, 0.25) is 0 Å². The average Bonchev–Trinajstić information content (AvgIpc) is 2.54. The van der Waals surface area contributed by atoms with Gasteiger partial charge in [-0.3, -0.25) is 14.3 Å². The van der Waals surface area contributed by atoms with Gasteiger partial charge >= 0.3 is 11.8 Å². The van der Waals surface area contributed by atoms with Crippen molar-refractivity contribution in [2.45, 2.75) is 28.9 Å². The predicted octanol–water partition coefficient (Wildman–Crippen LogP) is 2.15. The van der Waals surface area contributed by atoms with Crippen molar-refractivity contribution in [1.29, 1.82) is 0 Å². The maximum absolute atomic E-state index is 12.1. The van der Waals surface area contributed by atoms with Crippen LogP contribution < -0.4 is 11.2 Å². The van der Waals surface area contributed by atoms with Crippen LogP contribution in [-0.2, 0) is 23.5 Å². The largest absolute Gasteiger partial charge is 0.445 e. The first-order valence-electron chi connectivity index (χ1n) is 7.56. The van der Waals surface area contributed by atoms with Gasteiger partial charge < -0.3 is 9.64 Å². The first-order valence-corrected chi connectivity index (χ1v) is 9.85. The molecule has 0 spiro atoms. The maximum atomic E-state index is 12.1. The average molecular weight is 431 g/mol. The lowest BCUT2D eigenvalue weighted by atomic mass is 10.2. The van der Waals surface area contributed by atoms with E-state index in [0.717, 1.165) is 11.4 Å². The van der Waals surface area contributed by atoms with E-state index in [1.807, 2.05) is 0 Å². The number of carbonyl (C=O) groups is 1. The molecule has 1 N–H and O–H groups in total. The molecule has 0 unspecified atom stereocenters. The summed E-state index contributed by atoms with van der Waals surface area (Å²) < 4.78 is 4.80. The number of thioether (sulfide) groups is 1. The van der Waals surface area contributed by atoms with Gasteiger partial charge in [0.25, 0.3) is 5.56 Å². The number of H-pyrrole nitrogens is 1. The molecule has 0 atom stereocenters. The van der Waals surface area contributed by atoms with Crippen LogP contribution in [0.25, 0.3) is 0 Å². The smallest absolute Gasteiger partial charge is 0.409 e. The number of hydrogen-bond acceptors (Lipinski definition) is 5. The Hall–Kier alpha value is -0.830. The number of amides is 1. The second-order valence-electron chi connectivity index (χ2n) is 5.58. The van der Waals surface area contributed by atoms with Crippen molar-refractivity contribution in [3.63, 3.8) is 0 Å². The summed E-state index contributed by atoms with van der Waals surface area (Å²) in [6.45, 7) is 0.407. The van der Waals surface area contributed by atoms with Gasteiger partial charge in [-0.25, -0.2) is 9.59 Å². The van der Waals surface area contributed by atoms with Gasteiger partial charge in [0.2, 0.25) is 3.79 Å². The predicted molar refractivity (Wildman–Crippen MR) is 100 cm³/mol. The second-order valence-corrected chi connectivity index (χ2v) is 9.20. The third-order valence-corrected chi connectivity index (χ3v) is 5.00. The molecule has 0 aromatic carbocycles. The highest BCUT2D eigenvalue weighted by Gasteiger charge is 2.23. The van der Waals surface area contributed by atoms with E-state index in [2.05, 4.69) is 4.98 Å². The Kier molecular flexibility index (Phi) is 7.13. The maximum Gasteiger partial charge on any atom is 0.409 e. The quantitative estimate of drug-likeness (QED) is 0.724. The third kappa shape index (κ3) is 5.84. The van der Waals surface area contributed by atoms with Gasteiger partial charge in [-0.15, -0.1) is 0 Å². The summed E-state index contributed by atoms with van der Waals surface area (Å²) in [7, 11) is 1.56. The molecule has 1 aliphatic rings. The lowest BCUT2D eigenvalue weighted by molar-refractivity contribution is 0.112. The Balaban J connectivity index is 1.95. The van der Waals surface area contributed by atoms with Crippen LogP contribution in [0.5, 0.6) is 0 Å². The zero-order valence-corrected chi connectivity index (χ0v) is 16.6. The Bertz CT molecular complexity index is 744. The zero-order valence-electron chi connectivity index (χ0n) is 13.5. The van der Waals surface area contributed by atoms with Crippen LogP contribution in [0.3, 0.4) is 0 Å². The minimum absolute atomic E-state index is 0.309. The number of hydrogen-bond donors (Lipinski definition) is 1. The van der Waals surface area contributed by atoms with E-state index in [-0.39, 0.29) is 12.2 Å². The molecular weight excluding hydrogens is 413 g/mol. The molecule has 0 saturated heterocycles. The molecule has 7 nitrogen and oxygen atoms in total. The highest BCUT2D eigenvalue weighted by molar-refractivity contribution is 7.98. The van der Waals surface area contributed by atoms with Crippen molar-refractivity contribution in [1.82, 2.24) is 14.5 Å². The van der Waals surface area contributed by atoms with E-state index < -0.39 is 15.6 Å². The number of nitrogens with zero attached hydrogens (tertiary/aromatic N) is 2. The van der Waals surface area contributed by atoms with E-state index in [9.17, 15) is 14.4 Å². The fourth-order valence-corrected chi connectivity index (χ4v) is 3.63. The Labute approximate surface area is 163 Å². The van der Waals surface area contributed by atoms with E-state index in [4.69, 9.17) is 39.5 Å². The van der Waals surface area contributed by atoms with Gasteiger partial charge in [-0.2, -0.15) is 11.8 Å². The van der Waals surface area contributed by atoms with Crippen LogP contribution >= 0.6 is 46.6 Å². The Morgan fingerprint density at radius 2 is 2.12 bits per heavy atom. The molecule has 11 heteroatoms. The van der Waals surface area contributed by atoms with E-state index in [0.29, 0.717) is 37.2 Å². The third-order valence-electron chi connectivity index (χ3n) is 3.69. The molecule has 0 bridgehead atoms. The van der Waals surface area contributed by atoms with E-state index in [1.165, 1.54) is 4.90 Å². The number of fused-ring (bicyclic) bond motifs is 1. The number of halogens is 3. The number of aromatic nitrogens is 2. The van der Waals surface area contributed by atoms with Gasteiger partial charge in [0.1, 0.15) is 6.61 Å². The normalized spacial score (nSPS) is 14.1. The standard InChI is InChI=1S/C14H18Cl3N3O4S/c1-19(13(23)24-8-14(15,16)17)4-2-5-20-10-3-6-25-7-9(10)11(21)18-12(20)22/h2-8H2,1H3,(H,18,21,22). The highest BCUT2D eigenvalue weighted by atomic mass is 35.6. The van der Waals surface area contributed by atoms with Crippen molar-refractivity contribution in [3.8, 4) is 0 Å². The first-order chi connectivity index (χ1) is 11.7. The lowest BCUT2D eigenvalue weighted by Gasteiger charge is -2.21. The zero-order chi connectivity index (χ0) is 18.6. The lowest BCUT2D eigenvalue weighted by Crippen LogP contribution is -2.37. The molecule has 0 aliphatic carbocycles. The van der Waals surface area contributed by atoms with Crippen molar-refractivity contribution in [2.75, 3.05) is 26.0 Å². The van der Waals surface area contributed by atoms with E-state index in [1.54, 1.807) is 23.4 Å². The van der Waals surface area contributed by atoms with Crippen molar-refractivity contribution >= 4 is 52.7 Å². The van der Waals surface area contributed by atoms with Crippen LogP contribution in [0.4, 0.5) is 4.79 Å². The number of nitrogens with one attached hydrogen (secondary N) is 1. The molecule has 1 amide bonds. The molecule has 140 valence electrons. The highest BCUT2D eigenvalue weighted by Crippen LogP contribution is 2.26.